The van der Waals surface area contributed by atoms with E-state index in [2.05, 4.69) is 19.8 Å². The predicted octanol–water partition coefficient (Wildman–Crippen LogP) is 3.19. The molecule has 4 rings (SSSR count). The van der Waals surface area contributed by atoms with E-state index in [0.717, 1.165) is 83.6 Å². The van der Waals surface area contributed by atoms with Crippen LogP contribution in [-0.4, -0.2) is 70.5 Å². The minimum Gasteiger partial charge on any atom is -0.350 e. The Kier molecular flexibility index (Phi) is 6.18. The quantitative estimate of drug-likeness (QED) is 0.725. The molecule has 0 N–H and O–H groups in total. The monoisotopic (exact) mass is 425 g/mol. The second-order valence-corrected chi connectivity index (χ2v) is 8.90. The summed E-state index contributed by atoms with van der Waals surface area (Å²) in [5.41, 5.74) is -0.872. The van der Waals surface area contributed by atoms with Gasteiger partial charge >= 0.3 is 6.18 Å². The summed E-state index contributed by atoms with van der Waals surface area (Å²) in [7, 11) is 0. The number of hydrogen-bond acceptors (Lipinski definition) is 5. The summed E-state index contributed by atoms with van der Waals surface area (Å²) in [6.45, 7) is 6.19. The molecule has 0 radical (unpaired) electrons. The van der Waals surface area contributed by atoms with Gasteiger partial charge in [-0.2, -0.15) is 13.2 Å². The molecule has 3 aliphatic rings. The Morgan fingerprint density at radius 2 is 1.80 bits per heavy atom. The Morgan fingerprint density at radius 1 is 1.10 bits per heavy atom. The lowest BCUT2D eigenvalue weighted by atomic mass is 9.95. The summed E-state index contributed by atoms with van der Waals surface area (Å²) in [4.78, 5) is 25.8. The topological polar surface area (TPSA) is 52.6 Å². The molecule has 9 heteroatoms. The Morgan fingerprint density at radius 3 is 2.43 bits per heavy atom. The molecule has 166 valence electrons. The van der Waals surface area contributed by atoms with Crippen LogP contribution in [0.3, 0.4) is 0 Å². The van der Waals surface area contributed by atoms with Crippen molar-refractivity contribution in [1.29, 1.82) is 0 Å². The van der Waals surface area contributed by atoms with E-state index >= 15 is 0 Å². The van der Waals surface area contributed by atoms with E-state index in [0.29, 0.717) is 17.8 Å². The molecule has 1 aromatic heterocycles. The first-order valence-corrected chi connectivity index (χ1v) is 11.0. The van der Waals surface area contributed by atoms with Crippen LogP contribution >= 0.6 is 0 Å². The number of anilines is 1. The molecule has 1 saturated carbocycles. The normalized spacial score (nSPS) is 24.1. The highest BCUT2D eigenvalue weighted by Gasteiger charge is 2.39. The third-order valence-corrected chi connectivity index (χ3v) is 6.58. The van der Waals surface area contributed by atoms with E-state index in [9.17, 15) is 18.0 Å². The molecule has 2 aliphatic heterocycles. The van der Waals surface area contributed by atoms with Gasteiger partial charge in [0, 0.05) is 57.8 Å². The number of piperidine rings is 2. The number of likely N-dealkylation sites (tertiary alicyclic amines) is 2. The van der Waals surface area contributed by atoms with Crippen LogP contribution in [0.25, 0.3) is 0 Å². The van der Waals surface area contributed by atoms with Gasteiger partial charge in [-0.1, -0.05) is 0 Å². The zero-order valence-electron chi connectivity index (χ0n) is 17.4. The number of amides is 1. The van der Waals surface area contributed by atoms with Crippen molar-refractivity contribution in [2.75, 3.05) is 37.6 Å². The van der Waals surface area contributed by atoms with E-state index in [1.165, 1.54) is 0 Å². The molecule has 6 nitrogen and oxygen atoms in total. The molecule has 1 aliphatic carbocycles. The van der Waals surface area contributed by atoms with Crippen molar-refractivity contribution in [2.24, 2.45) is 5.92 Å². The van der Waals surface area contributed by atoms with Gasteiger partial charge in [-0.05, 0) is 44.4 Å². The summed E-state index contributed by atoms with van der Waals surface area (Å²) >= 11 is 0. The van der Waals surface area contributed by atoms with Crippen molar-refractivity contribution in [3.05, 3.63) is 18.1 Å². The molecule has 0 aromatic carbocycles. The molecule has 1 aromatic rings. The molecule has 1 unspecified atom stereocenters. The SMILES string of the molecule is CC(=O)N1CCCC(CN2CCC(N(c3cc(C(F)(F)F)ncn3)C3CC3)CC2)C1. The number of alkyl halides is 3. The first-order chi connectivity index (χ1) is 14.3. The van der Waals surface area contributed by atoms with Crippen LogP contribution in [0.5, 0.6) is 0 Å². The molecule has 0 bridgehead atoms. The summed E-state index contributed by atoms with van der Waals surface area (Å²) in [5.74, 6) is 1.07. The number of hydrogen-bond donors (Lipinski definition) is 0. The van der Waals surface area contributed by atoms with Crippen molar-refractivity contribution in [3.63, 3.8) is 0 Å². The summed E-state index contributed by atoms with van der Waals surface area (Å²) < 4.78 is 39.3. The first-order valence-electron chi connectivity index (χ1n) is 11.0. The zero-order valence-corrected chi connectivity index (χ0v) is 17.4. The largest absolute Gasteiger partial charge is 0.433 e. The number of nitrogens with zero attached hydrogens (tertiary/aromatic N) is 5. The van der Waals surface area contributed by atoms with Crippen LogP contribution in [0.2, 0.25) is 0 Å². The Hall–Kier alpha value is -1.90. The van der Waals surface area contributed by atoms with Crippen LogP contribution in [0.15, 0.2) is 12.4 Å². The average Bonchev–Trinajstić information content (AvgIpc) is 3.54. The van der Waals surface area contributed by atoms with Gasteiger partial charge in [0.25, 0.3) is 0 Å². The number of aromatic nitrogens is 2. The van der Waals surface area contributed by atoms with Gasteiger partial charge in [0.05, 0.1) is 0 Å². The summed E-state index contributed by atoms with van der Waals surface area (Å²) in [5, 5.41) is 0. The van der Waals surface area contributed by atoms with Gasteiger partial charge in [-0.25, -0.2) is 9.97 Å². The number of carbonyl (C=O) groups is 1. The molecule has 0 spiro atoms. The van der Waals surface area contributed by atoms with Crippen LogP contribution < -0.4 is 4.90 Å². The highest BCUT2D eigenvalue weighted by Crippen LogP contribution is 2.37. The fourth-order valence-corrected chi connectivity index (χ4v) is 4.91. The van der Waals surface area contributed by atoms with Gasteiger partial charge in [0.2, 0.25) is 5.91 Å². The second kappa shape index (κ2) is 8.69. The van der Waals surface area contributed by atoms with E-state index in [-0.39, 0.29) is 11.9 Å². The van der Waals surface area contributed by atoms with Crippen molar-refractivity contribution in [2.45, 2.75) is 63.7 Å². The van der Waals surface area contributed by atoms with Gasteiger partial charge in [0.15, 0.2) is 0 Å². The van der Waals surface area contributed by atoms with Crippen molar-refractivity contribution >= 4 is 11.7 Å². The standard InChI is InChI=1S/C21H30F3N5O/c1-15(30)28-8-2-3-16(13-28)12-27-9-6-18(7-10-27)29(17-4-5-17)20-11-19(21(22,23)24)25-14-26-20/h11,14,16-18H,2-10,12-13H2,1H3. The van der Waals surface area contributed by atoms with Crippen molar-refractivity contribution in [3.8, 4) is 0 Å². The van der Waals surface area contributed by atoms with Gasteiger partial charge in [0.1, 0.15) is 17.8 Å². The Bertz CT molecular complexity index is 746. The Labute approximate surface area is 175 Å². The number of halogens is 3. The lowest BCUT2D eigenvalue weighted by Gasteiger charge is -2.41. The molecule has 1 amide bonds. The molecule has 1 atom stereocenters. The maximum atomic E-state index is 13.1. The lowest BCUT2D eigenvalue weighted by Crippen LogP contribution is -2.49. The van der Waals surface area contributed by atoms with Crippen LogP contribution in [-0.2, 0) is 11.0 Å². The van der Waals surface area contributed by atoms with Crippen LogP contribution in [0, 0.1) is 5.92 Å². The predicted molar refractivity (Wildman–Crippen MR) is 107 cm³/mol. The molecule has 3 heterocycles. The zero-order chi connectivity index (χ0) is 21.3. The second-order valence-electron chi connectivity index (χ2n) is 8.90. The van der Waals surface area contributed by atoms with Crippen molar-refractivity contribution < 1.29 is 18.0 Å². The van der Waals surface area contributed by atoms with E-state index in [1.807, 2.05) is 4.90 Å². The molecule has 2 saturated heterocycles. The molecule has 3 fully saturated rings. The third kappa shape index (κ3) is 5.04. The average molecular weight is 425 g/mol. The summed E-state index contributed by atoms with van der Waals surface area (Å²) in [6, 6.07) is 1.60. The highest BCUT2D eigenvalue weighted by atomic mass is 19.4. The fourth-order valence-electron chi connectivity index (χ4n) is 4.91. The molecular weight excluding hydrogens is 395 g/mol. The van der Waals surface area contributed by atoms with Crippen LogP contribution in [0.4, 0.5) is 19.0 Å². The van der Waals surface area contributed by atoms with E-state index in [1.54, 1.807) is 6.92 Å². The van der Waals surface area contributed by atoms with E-state index < -0.39 is 11.9 Å². The number of rotatable bonds is 5. The molecule has 30 heavy (non-hydrogen) atoms. The van der Waals surface area contributed by atoms with Gasteiger partial charge < -0.3 is 14.7 Å². The maximum absolute atomic E-state index is 13.1. The minimum atomic E-state index is -4.45. The number of carbonyl (C=O) groups excluding carboxylic acids is 1. The van der Waals surface area contributed by atoms with Gasteiger partial charge in [-0.15, -0.1) is 0 Å². The van der Waals surface area contributed by atoms with Crippen molar-refractivity contribution in [1.82, 2.24) is 19.8 Å². The third-order valence-electron chi connectivity index (χ3n) is 6.58. The van der Waals surface area contributed by atoms with Crippen LogP contribution in [0.1, 0.15) is 51.1 Å². The highest BCUT2D eigenvalue weighted by molar-refractivity contribution is 5.73. The van der Waals surface area contributed by atoms with Gasteiger partial charge in [-0.3, -0.25) is 4.79 Å². The minimum absolute atomic E-state index is 0.154. The Balaban J connectivity index is 1.36. The molecular formula is C21H30F3N5O. The fraction of sp³-hybridized carbons (Fsp3) is 0.762. The smallest absolute Gasteiger partial charge is 0.350 e. The first kappa shape index (κ1) is 21.3. The lowest BCUT2D eigenvalue weighted by molar-refractivity contribution is -0.141. The summed E-state index contributed by atoms with van der Waals surface area (Å²) in [6.07, 6.45) is 2.65. The van der Waals surface area contributed by atoms with E-state index in [4.69, 9.17) is 0 Å². The maximum Gasteiger partial charge on any atom is 0.433 e.